The number of hydrogen-bond donors (Lipinski definition) is 2. The van der Waals surface area contributed by atoms with Gasteiger partial charge in [-0.2, -0.15) is 0 Å². The molecule has 0 amide bonds. The minimum Gasteiger partial charge on any atom is -0.352 e. The number of thiazole rings is 1. The van der Waals surface area contributed by atoms with Crippen molar-refractivity contribution in [2.45, 2.75) is 13.1 Å². The molecule has 0 aliphatic rings. The van der Waals surface area contributed by atoms with Gasteiger partial charge in [-0.05, 0) is 17.7 Å². The van der Waals surface area contributed by atoms with Crippen LogP contribution in [0.25, 0.3) is 10.6 Å². The van der Waals surface area contributed by atoms with Gasteiger partial charge >= 0.3 is 0 Å². The average Bonchev–Trinajstić information content (AvgIpc) is 3.12. The molecule has 1 aromatic heterocycles. The van der Waals surface area contributed by atoms with Crippen molar-refractivity contribution in [2.75, 3.05) is 7.05 Å². The molecule has 2 N–H and O–H groups in total. The molecule has 0 atom stereocenters. The molecule has 26 heavy (non-hydrogen) atoms. The first-order valence-electron chi connectivity index (χ1n) is 7.93. The molecule has 3 aromatic rings. The largest absolute Gasteiger partial charge is 0.352 e. The smallest absolute Gasteiger partial charge is 0.191 e. The van der Waals surface area contributed by atoms with Crippen molar-refractivity contribution in [1.82, 2.24) is 15.6 Å². The molecule has 0 fully saturated rings. The number of aromatic nitrogens is 1. The Labute approximate surface area is 173 Å². The van der Waals surface area contributed by atoms with E-state index in [-0.39, 0.29) is 29.8 Å². The number of nitrogens with one attached hydrogen (secondary N) is 2. The van der Waals surface area contributed by atoms with Gasteiger partial charge in [0.15, 0.2) is 5.96 Å². The van der Waals surface area contributed by atoms with Gasteiger partial charge in [0.1, 0.15) is 10.8 Å². The number of benzene rings is 2. The number of aliphatic imine (C=N–C) groups is 1. The van der Waals surface area contributed by atoms with Gasteiger partial charge in [0.05, 0.1) is 12.2 Å². The maximum atomic E-state index is 13.2. The Morgan fingerprint density at radius 3 is 2.58 bits per heavy atom. The van der Waals surface area contributed by atoms with Crippen LogP contribution in [0, 0.1) is 5.82 Å². The Balaban J connectivity index is 0.00000243. The summed E-state index contributed by atoms with van der Waals surface area (Å²) < 4.78 is 13.2. The summed E-state index contributed by atoms with van der Waals surface area (Å²) in [7, 11) is 1.71. The molecule has 136 valence electrons. The second-order valence-electron chi connectivity index (χ2n) is 5.42. The monoisotopic (exact) mass is 482 g/mol. The van der Waals surface area contributed by atoms with E-state index >= 15 is 0 Å². The normalized spacial score (nSPS) is 10.9. The van der Waals surface area contributed by atoms with Crippen LogP contribution >= 0.6 is 35.3 Å². The van der Waals surface area contributed by atoms with Gasteiger partial charge in [-0.3, -0.25) is 4.99 Å². The molecule has 4 nitrogen and oxygen atoms in total. The predicted molar refractivity (Wildman–Crippen MR) is 116 cm³/mol. The van der Waals surface area contributed by atoms with Crippen LogP contribution in [0.15, 0.2) is 65.0 Å². The number of guanidine groups is 1. The van der Waals surface area contributed by atoms with Crippen LogP contribution in [-0.4, -0.2) is 18.0 Å². The van der Waals surface area contributed by atoms with Crippen LogP contribution < -0.4 is 10.6 Å². The van der Waals surface area contributed by atoms with E-state index in [4.69, 9.17) is 0 Å². The first kappa shape index (κ1) is 20.3. The zero-order chi connectivity index (χ0) is 17.5. The first-order valence-corrected chi connectivity index (χ1v) is 8.81. The molecule has 0 unspecified atom stereocenters. The molecule has 2 aromatic carbocycles. The standard InChI is InChI=1S/C19H19FN4S.HI/c1-21-19(22-11-14-6-5-9-16(20)10-14)23-12-17-13-25-18(24-17)15-7-3-2-4-8-15;/h2-10,13H,11-12H2,1H3,(H2,21,22,23);1H. The van der Waals surface area contributed by atoms with Crippen molar-refractivity contribution in [3.8, 4) is 10.6 Å². The van der Waals surface area contributed by atoms with E-state index in [9.17, 15) is 4.39 Å². The number of hydrogen-bond acceptors (Lipinski definition) is 3. The lowest BCUT2D eigenvalue weighted by Crippen LogP contribution is -2.36. The van der Waals surface area contributed by atoms with E-state index in [1.54, 1.807) is 24.5 Å². The minimum absolute atomic E-state index is 0. The van der Waals surface area contributed by atoms with Crippen LogP contribution in [0.1, 0.15) is 11.3 Å². The van der Waals surface area contributed by atoms with Gasteiger partial charge in [0.25, 0.3) is 0 Å². The highest BCUT2D eigenvalue weighted by atomic mass is 127. The van der Waals surface area contributed by atoms with E-state index < -0.39 is 0 Å². The van der Waals surface area contributed by atoms with E-state index in [0.717, 1.165) is 21.8 Å². The van der Waals surface area contributed by atoms with Crippen molar-refractivity contribution in [3.63, 3.8) is 0 Å². The van der Waals surface area contributed by atoms with E-state index in [1.807, 2.05) is 29.6 Å². The van der Waals surface area contributed by atoms with Crippen LogP contribution in [0.3, 0.4) is 0 Å². The fourth-order valence-corrected chi connectivity index (χ4v) is 3.15. The zero-order valence-electron chi connectivity index (χ0n) is 14.3. The van der Waals surface area contributed by atoms with E-state index in [1.165, 1.54) is 12.1 Å². The Morgan fingerprint density at radius 2 is 1.85 bits per heavy atom. The van der Waals surface area contributed by atoms with Crippen molar-refractivity contribution >= 4 is 41.3 Å². The molecule has 1 heterocycles. The minimum atomic E-state index is -0.238. The topological polar surface area (TPSA) is 49.3 Å². The third-order valence-electron chi connectivity index (χ3n) is 3.58. The SMILES string of the molecule is CN=C(NCc1cccc(F)c1)NCc1csc(-c2ccccc2)n1.I. The van der Waals surface area contributed by atoms with Gasteiger partial charge in [0, 0.05) is 24.5 Å². The fraction of sp³-hybridized carbons (Fsp3) is 0.158. The fourth-order valence-electron chi connectivity index (χ4n) is 2.33. The Bertz CT molecular complexity index is 852. The molecule has 0 spiro atoms. The van der Waals surface area contributed by atoms with Gasteiger partial charge < -0.3 is 10.6 Å². The Kier molecular flexibility index (Phi) is 7.99. The Hall–Kier alpha value is -2.00. The summed E-state index contributed by atoms with van der Waals surface area (Å²) in [6.07, 6.45) is 0. The summed E-state index contributed by atoms with van der Waals surface area (Å²) in [6.45, 7) is 1.08. The molecular formula is C19H20FIN4S. The van der Waals surface area contributed by atoms with Gasteiger partial charge in [-0.15, -0.1) is 35.3 Å². The van der Waals surface area contributed by atoms with E-state index in [2.05, 4.69) is 32.7 Å². The number of rotatable bonds is 5. The molecule has 0 bridgehead atoms. The van der Waals surface area contributed by atoms with Gasteiger partial charge in [-0.25, -0.2) is 9.37 Å². The average molecular weight is 482 g/mol. The van der Waals surface area contributed by atoms with Crippen LogP contribution in [0.4, 0.5) is 4.39 Å². The van der Waals surface area contributed by atoms with Crippen molar-refractivity contribution in [1.29, 1.82) is 0 Å². The number of halogens is 2. The molecule has 0 saturated heterocycles. The quantitative estimate of drug-likeness (QED) is 0.322. The maximum Gasteiger partial charge on any atom is 0.191 e. The molecule has 0 saturated carbocycles. The molecule has 0 aliphatic heterocycles. The van der Waals surface area contributed by atoms with Gasteiger partial charge in [0.2, 0.25) is 0 Å². The summed E-state index contributed by atoms with van der Waals surface area (Å²) in [5.41, 5.74) is 2.94. The van der Waals surface area contributed by atoms with Crippen LogP contribution in [0.2, 0.25) is 0 Å². The summed E-state index contributed by atoms with van der Waals surface area (Å²) in [4.78, 5) is 8.82. The molecule has 3 rings (SSSR count). The first-order chi connectivity index (χ1) is 12.2. The molecule has 7 heteroatoms. The highest BCUT2D eigenvalue weighted by molar-refractivity contribution is 14.0. The van der Waals surface area contributed by atoms with E-state index in [0.29, 0.717) is 19.0 Å². The lowest BCUT2D eigenvalue weighted by atomic mass is 10.2. The van der Waals surface area contributed by atoms with Crippen LogP contribution in [-0.2, 0) is 13.1 Å². The predicted octanol–water partition coefficient (Wildman–Crippen LogP) is 4.43. The third kappa shape index (κ3) is 5.77. The second-order valence-corrected chi connectivity index (χ2v) is 6.28. The lowest BCUT2D eigenvalue weighted by molar-refractivity contribution is 0.624. The highest BCUT2D eigenvalue weighted by Gasteiger charge is 2.05. The maximum absolute atomic E-state index is 13.2. The van der Waals surface area contributed by atoms with Crippen molar-refractivity contribution < 1.29 is 4.39 Å². The zero-order valence-corrected chi connectivity index (χ0v) is 17.4. The summed E-state index contributed by atoms with van der Waals surface area (Å²) >= 11 is 1.62. The second kappa shape index (κ2) is 10.2. The summed E-state index contributed by atoms with van der Waals surface area (Å²) in [6, 6.07) is 16.6. The van der Waals surface area contributed by atoms with Gasteiger partial charge in [-0.1, -0.05) is 42.5 Å². The lowest BCUT2D eigenvalue weighted by Gasteiger charge is -2.11. The van der Waals surface area contributed by atoms with Crippen LogP contribution in [0.5, 0.6) is 0 Å². The summed E-state index contributed by atoms with van der Waals surface area (Å²) in [5, 5.41) is 9.43. The molecule has 0 aliphatic carbocycles. The Morgan fingerprint density at radius 1 is 1.08 bits per heavy atom. The number of nitrogens with zero attached hydrogens (tertiary/aromatic N) is 2. The molecular weight excluding hydrogens is 462 g/mol. The summed E-state index contributed by atoms with van der Waals surface area (Å²) in [5.74, 6) is 0.414. The highest BCUT2D eigenvalue weighted by Crippen LogP contribution is 2.23. The van der Waals surface area contributed by atoms with Crippen molar-refractivity contribution in [2.24, 2.45) is 4.99 Å². The van der Waals surface area contributed by atoms with Crippen molar-refractivity contribution in [3.05, 3.63) is 77.1 Å². The third-order valence-corrected chi connectivity index (χ3v) is 4.52. The molecule has 0 radical (unpaired) electrons.